The zero-order valence-corrected chi connectivity index (χ0v) is 8.57. The largest absolute Gasteiger partial charge is 0.469 e. The second kappa shape index (κ2) is 3.42. The maximum atomic E-state index is 11.5. The summed E-state index contributed by atoms with van der Waals surface area (Å²) in [5, 5.41) is 12.0. The van der Waals surface area contributed by atoms with Crippen LogP contribution in [-0.4, -0.2) is 29.4 Å². The van der Waals surface area contributed by atoms with Gasteiger partial charge in [0.2, 0.25) is 0 Å². The second-order valence-electron chi connectivity index (χ2n) is 3.87. The highest BCUT2D eigenvalue weighted by Gasteiger charge is 2.55. The average Bonchev–Trinajstić information content (AvgIpc) is 2.69. The van der Waals surface area contributed by atoms with Crippen LogP contribution in [0.25, 0.3) is 0 Å². The molecule has 2 bridgehead atoms. The monoisotopic (exact) mass is 217 g/mol. The van der Waals surface area contributed by atoms with Crippen LogP contribution in [0.2, 0.25) is 0 Å². The van der Waals surface area contributed by atoms with Crippen molar-refractivity contribution in [1.29, 1.82) is 0 Å². The van der Waals surface area contributed by atoms with Crippen LogP contribution in [0.3, 0.4) is 0 Å². The first-order chi connectivity index (χ1) is 6.69. The molecule has 0 aromatic rings. The van der Waals surface area contributed by atoms with Gasteiger partial charge in [0, 0.05) is 11.3 Å². The molecule has 0 heterocycles. The molecule has 78 valence electrons. The van der Waals surface area contributed by atoms with E-state index in [-0.39, 0.29) is 29.1 Å². The van der Waals surface area contributed by atoms with Crippen molar-refractivity contribution in [2.75, 3.05) is 7.11 Å². The van der Waals surface area contributed by atoms with Gasteiger partial charge >= 0.3 is 5.97 Å². The molecule has 0 amide bonds. The molecule has 2 rings (SSSR count). The van der Waals surface area contributed by atoms with Gasteiger partial charge in [-0.05, 0) is 18.8 Å². The number of alkyl halides is 1. The average molecular weight is 218 g/mol. The number of carbonyl (C=O) groups is 1. The van der Waals surface area contributed by atoms with E-state index in [9.17, 15) is 4.79 Å². The summed E-state index contributed by atoms with van der Waals surface area (Å²) in [6, 6.07) is 0. The predicted molar refractivity (Wildman–Crippen MR) is 50.6 cm³/mol. The number of ether oxygens (including phenoxy) is 1. The molecule has 1 N–H and O–H groups in total. The molecule has 0 aromatic carbocycles. The van der Waals surface area contributed by atoms with Crippen molar-refractivity contribution in [3.63, 3.8) is 0 Å². The molecular weight excluding hydrogens is 206 g/mol. The molecule has 4 nitrogen and oxygen atoms in total. The first kappa shape index (κ1) is 9.77. The van der Waals surface area contributed by atoms with Crippen molar-refractivity contribution in [3.05, 3.63) is 0 Å². The molecule has 5 heteroatoms. The molecule has 1 unspecified atom stereocenters. The molecule has 2 aliphatic carbocycles. The fraction of sp³-hybridized carbons (Fsp3) is 0.778. The van der Waals surface area contributed by atoms with E-state index in [1.165, 1.54) is 7.11 Å². The lowest BCUT2D eigenvalue weighted by atomic mass is 9.98. The highest BCUT2D eigenvalue weighted by molar-refractivity contribution is 6.22. The minimum Gasteiger partial charge on any atom is -0.469 e. The molecule has 0 radical (unpaired) electrons. The molecule has 4 atom stereocenters. The maximum absolute atomic E-state index is 11.5. The topological polar surface area (TPSA) is 58.9 Å². The number of halogens is 1. The smallest absolute Gasteiger partial charge is 0.309 e. The molecule has 2 fully saturated rings. The zero-order chi connectivity index (χ0) is 10.3. The summed E-state index contributed by atoms with van der Waals surface area (Å²) >= 11 is 6.08. The van der Waals surface area contributed by atoms with E-state index in [1.807, 2.05) is 0 Å². The van der Waals surface area contributed by atoms with Crippen molar-refractivity contribution in [3.8, 4) is 0 Å². The third-order valence-corrected chi connectivity index (χ3v) is 3.81. The number of fused-ring (bicyclic) bond motifs is 2. The molecule has 0 aromatic heterocycles. The van der Waals surface area contributed by atoms with Gasteiger partial charge in [0.1, 0.15) is 0 Å². The number of hydrogen-bond donors (Lipinski definition) is 1. The van der Waals surface area contributed by atoms with Crippen LogP contribution in [0.5, 0.6) is 0 Å². The van der Waals surface area contributed by atoms with Crippen LogP contribution < -0.4 is 0 Å². The van der Waals surface area contributed by atoms with Crippen LogP contribution in [0, 0.1) is 17.8 Å². The van der Waals surface area contributed by atoms with Gasteiger partial charge in [-0.25, -0.2) is 0 Å². The van der Waals surface area contributed by atoms with E-state index in [1.54, 1.807) is 0 Å². The Labute approximate surface area is 86.9 Å². The Morgan fingerprint density at radius 2 is 2.43 bits per heavy atom. The number of hydrogen-bond acceptors (Lipinski definition) is 4. The minimum atomic E-state index is -0.234. The van der Waals surface area contributed by atoms with Crippen molar-refractivity contribution < 1.29 is 14.7 Å². The Kier molecular flexibility index (Phi) is 2.39. The summed E-state index contributed by atoms with van der Waals surface area (Å²) in [6.07, 6.45) is 1.33. The van der Waals surface area contributed by atoms with Crippen LogP contribution in [0.15, 0.2) is 5.16 Å². The fourth-order valence-corrected chi connectivity index (χ4v) is 3.11. The van der Waals surface area contributed by atoms with Crippen LogP contribution in [0.1, 0.15) is 12.8 Å². The molecule has 0 saturated heterocycles. The van der Waals surface area contributed by atoms with Crippen LogP contribution >= 0.6 is 11.6 Å². The number of rotatable bonds is 1. The standard InChI is InChI=1S/C9H12ClNO3/c1-14-9(12)8-4-3-7(11-13)5(8)2-6(4)10/h4-6,8,13H,2-3H2,1H3/b11-7+/t4-,5-,6+,8?/m1/s1. The molecule has 14 heavy (non-hydrogen) atoms. The summed E-state index contributed by atoms with van der Waals surface area (Å²) in [5.41, 5.74) is 0.697. The van der Waals surface area contributed by atoms with Gasteiger partial charge in [-0.15, -0.1) is 11.6 Å². The summed E-state index contributed by atoms with van der Waals surface area (Å²) < 4.78 is 4.72. The summed E-state index contributed by atoms with van der Waals surface area (Å²) in [6.45, 7) is 0. The van der Waals surface area contributed by atoms with Gasteiger partial charge in [0.15, 0.2) is 0 Å². The highest BCUT2D eigenvalue weighted by Crippen LogP contribution is 2.50. The van der Waals surface area contributed by atoms with Gasteiger partial charge in [0.25, 0.3) is 0 Å². The number of nitrogens with zero attached hydrogens (tertiary/aromatic N) is 1. The van der Waals surface area contributed by atoms with E-state index < -0.39 is 0 Å². The Balaban J connectivity index is 2.24. The third kappa shape index (κ3) is 1.21. The third-order valence-electron chi connectivity index (χ3n) is 3.31. The van der Waals surface area contributed by atoms with Crippen LogP contribution in [0.4, 0.5) is 0 Å². The number of methoxy groups -OCH3 is 1. The quantitative estimate of drug-likeness (QED) is 0.311. The van der Waals surface area contributed by atoms with E-state index >= 15 is 0 Å². The summed E-state index contributed by atoms with van der Waals surface area (Å²) in [5.74, 6) is -0.366. The molecule has 2 saturated carbocycles. The first-order valence-electron chi connectivity index (χ1n) is 4.61. The Morgan fingerprint density at radius 3 is 3.00 bits per heavy atom. The molecule has 0 aliphatic heterocycles. The minimum absolute atomic E-state index is 0.00889. The van der Waals surface area contributed by atoms with Gasteiger partial charge in [-0.1, -0.05) is 5.16 Å². The Hall–Kier alpha value is -0.770. The van der Waals surface area contributed by atoms with Gasteiger partial charge < -0.3 is 9.94 Å². The van der Waals surface area contributed by atoms with Crippen molar-refractivity contribution in [2.24, 2.45) is 22.9 Å². The summed E-state index contributed by atoms with van der Waals surface area (Å²) in [4.78, 5) is 11.5. The Morgan fingerprint density at radius 1 is 1.71 bits per heavy atom. The lowest BCUT2D eigenvalue weighted by Gasteiger charge is -2.14. The highest BCUT2D eigenvalue weighted by atomic mass is 35.5. The van der Waals surface area contributed by atoms with E-state index in [0.717, 1.165) is 0 Å². The molecule has 2 aliphatic rings. The van der Waals surface area contributed by atoms with Gasteiger partial charge in [-0.2, -0.15) is 0 Å². The lowest BCUT2D eigenvalue weighted by Crippen LogP contribution is -2.22. The number of esters is 1. The normalized spacial score (nSPS) is 43.1. The van der Waals surface area contributed by atoms with Crippen LogP contribution in [-0.2, 0) is 9.53 Å². The lowest BCUT2D eigenvalue weighted by molar-refractivity contribution is -0.146. The van der Waals surface area contributed by atoms with E-state index in [0.29, 0.717) is 18.6 Å². The second-order valence-corrected chi connectivity index (χ2v) is 4.43. The van der Waals surface area contributed by atoms with Crippen molar-refractivity contribution >= 4 is 23.3 Å². The van der Waals surface area contributed by atoms with E-state index in [4.69, 9.17) is 21.5 Å². The zero-order valence-electron chi connectivity index (χ0n) is 7.81. The van der Waals surface area contributed by atoms with Gasteiger partial charge in [0.05, 0.1) is 18.7 Å². The van der Waals surface area contributed by atoms with Crippen molar-refractivity contribution in [2.45, 2.75) is 18.2 Å². The number of carbonyl (C=O) groups excluding carboxylic acids is 1. The summed E-state index contributed by atoms with van der Waals surface area (Å²) in [7, 11) is 1.37. The van der Waals surface area contributed by atoms with E-state index in [2.05, 4.69) is 5.16 Å². The Bertz CT molecular complexity index is 292. The number of oxime groups is 1. The molecular formula is C9H12ClNO3. The SMILES string of the molecule is COC(=O)C1[C@@H]2C[C@H](Cl)[C@H]1C/C2=N\O. The fourth-order valence-electron chi connectivity index (χ4n) is 2.67. The maximum Gasteiger partial charge on any atom is 0.309 e. The predicted octanol–water partition coefficient (Wildman–Crippen LogP) is 1.25. The van der Waals surface area contributed by atoms with Crippen molar-refractivity contribution in [1.82, 2.24) is 0 Å². The first-order valence-corrected chi connectivity index (χ1v) is 5.05. The molecule has 0 spiro atoms. The van der Waals surface area contributed by atoms with Gasteiger partial charge in [-0.3, -0.25) is 4.79 Å².